The van der Waals surface area contributed by atoms with E-state index in [0.29, 0.717) is 6.10 Å². The molecule has 0 saturated carbocycles. The third-order valence-electron chi connectivity index (χ3n) is 2.68. The van der Waals surface area contributed by atoms with E-state index in [2.05, 4.69) is 34.6 Å². The van der Waals surface area contributed by atoms with Gasteiger partial charge in [-0.2, -0.15) is 0 Å². The predicted molar refractivity (Wildman–Crippen MR) is 84.2 cm³/mol. The van der Waals surface area contributed by atoms with Gasteiger partial charge in [0.15, 0.2) is 0 Å². The van der Waals surface area contributed by atoms with Gasteiger partial charge in [-0.25, -0.2) is 0 Å². The van der Waals surface area contributed by atoms with E-state index in [4.69, 9.17) is 23.1 Å². The van der Waals surface area contributed by atoms with E-state index in [-0.39, 0.29) is 18.2 Å². The molecule has 0 amide bonds. The van der Waals surface area contributed by atoms with E-state index in [1.54, 1.807) is 14.2 Å². The van der Waals surface area contributed by atoms with Crippen molar-refractivity contribution in [3.63, 3.8) is 0 Å². The quantitative estimate of drug-likeness (QED) is 0.484. The Labute approximate surface area is 127 Å². The van der Waals surface area contributed by atoms with Gasteiger partial charge in [-0.15, -0.1) is 0 Å². The van der Waals surface area contributed by atoms with Gasteiger partial charge in [0.2, 0.25) is 0 Å². The lowest BCUT2D eigenvalue weighted by Gasteiger charge is -2.25. The molecule has 6 heteroatoms. The largest absolute Gasteiger partial charge is 0.373 e. The molecule has 5 nitrogen and oxygen atoms in total. The smallest absolute Gasteiger partial charge is 0.308 e. The maximum Gasteiger partial charge on any atom is 0.308 e. The highest BCUT2D eigenvalue weighted by molar-refractivity contribution is 6.18. The summed E-state index contributed by atoms with van der Waals surface area (Å²) in [5, 5.41) is 0. The molecule has 0 radical (unpaired) electrons. The van der Waals surface area contributed by atoms with Crippen LogP contribution in [0.2, 0.25) is 0 Å². The Morgan fingerprint density at radius 1 is 0.900 bits per heavy atom. The van der Waals surface area contributed by atoms with Crippen LogP contribution in [-0.4, -0.2) is 48.5 Å². The average molecular weight is 311 g/mol. The Hall–Kier alpha value is 0.0169. The second kappa shape index (κ2) is 12.7. The zero-order chi connectivity index (χ0) is 16.2. The van der Waals surface area contributed by atoms with Gasteiger partial charge in [-0.3, -0.25) is 0 Å². The normalized spacial score (nSPS) is 15.3. The molecule has 0 fully saturated rings. The van der Waals surface area contributed by atoms with Crippen molar-refractivity contribution in [1.29, 1.82) is 0 Å². The minimum Gasteiger partial charge on any atom is -0.373 e. The van der Waals surface area contributed by atoms with Crippen LogP contribution in [0.4, 0.5) is 0 Å². The molecule has 2 atom stereocenters. The average Bonchev–Trinajstić information content (AvgIpc) is 2.37. The van der Waals surface area contributed by atoms with Crippen molar-refractivity contribution in [3.05, 3.63) is 0 Å². The van der Waals surface area contributed by atoms with Crippen LogP contribution in [0.25, 0.3) is 0 Å². The molecule has 0 saturated heterocycles. The maximum atomic E-state index is 5.59. The van der Waals surface area contributed by atoms with Crippen LogP contribution in [0, 0.1) is 0 Å². The highest BCUT2D eigenvalue weighted by atomic mass is 28.3. The summed E-state index contributed by atoms with van der Waals surface area (Å²) in [5.74, 6) is 0. The number of hydrogen-bond acceptors (Lipinski definition) is 5. The van der Waals surface area contributed by atoms with E-state index in [1.165, 1.54) is 0 Å². The van der Waals surface area contributed by atoms with Crippen LogP contribution >= 0.6 is 0 Å². The molecular formula is C14H34O5Si. The summed E-state index contributed by atoms with van der Waals surface area (Å²) in [5.41, 5.74) is 0.0637. The summed E-state index contributed by atoms with van der Waals surface area (Å²) in [7, 11) is 2.24. The summed E-state index contributed by atoms with van der Waals surface area (Å²) in [6, 6.07) is 0. The molecule has 0 aliphatic heterocycles. The first-order valence-corrected chi connectivity index (χ1v) is 8.30. The molecule has 0 aromatic carbocycles. The van der Waals surface area contributed by atoms with Crippen LogP contribution in [-0.2, 0) is 23.1 Å². The lowest BCUT2D eigenvalue weighted by molar-refractivity contribution is -0.0841. The first-order chi connectivity index (χ1) is 9.18. The van der Waals surface area contributed by atoms with Gasteiger partial charge in [0, 0.05) is 14.2 Å². The van der Waals surface area contributed by atoms with Gasteiger partial charge >= 0.3 is 10.0 Å². The van der Waals surface area contributed by atoms with Crippen molar-refractivity contribution in [3.8, 4) is 0 Å². The van der Waals surface area contributed by atoms with Crippen LogP contribution in [0.1, 0.15) is 54.9 Å². The predicted octanol–water partition coefficient (Wildman–Crippen LogP) is 2.60. The number of hydrogen-bond donors (Lipinski definition) is 0. The Morgan fingerprint density at radius 3 is 1.50 bits per heavy atom. The monoisotopic (exact) mass is 310 g/mol. The Balaban J connectivity index is 0. The van der Waals surface area contributed by atoms with Gasteiger partial charge in [0.1, 0.15) is 12.6 Å². The van der Waals surface area contributed by atoms with Gasteiger partial charge in [0.25, 0.3) is 0 Å². The van der Waals surface area contributed by atoms with E-state index in [0.717, 1.165) is 6.42 Å². The zero-order valence-corrected chi connectivity index (χ0v) is 16.1. The van der Waals surface area contributed by atoms with Gasteiger partial charge in [-0.1, -0.05) is 6.92 Å². The molecule has 0 aliphatic rings. The molecule has 0 rings (SSSR count). The highest BCUT2D eigenvalue weighted by Gasteiger charge is 2.16. The van der Waals surface area contributed by atoms with E-state index >= 15 is 0 Å². The maximum absolute atomic E-state index is 5.59. The first-order valence-electron chi connectivity index (χ1n) is 7.15. The summed E-state index contributed by atoms with van der Waals surface area (Å²) in [4.78, 5) is 0. The van der Waals surface area contributed by atoms with Gasteiger partial charge in [0.05, 0.1) is 11.7 Å². The molecule has 124 valence electrons. The molecule has 0 aromatic heterocycles. The Kier molecular flexibility index (Phi) is 14.2. The van der Waals surface area contributed by atoms with Crippen molar-refractivity contribution >= 4 is 10.0 Å². The molecule has 20 heavy (non-hydrogen) atoms. The fourth-order valence-corrected chi connectivity index (χ4v) is 1.82. The molecule has 0 aliphatic carbocycles. The fourth-order valence-electron chi connectivity index (χ4n) is 1.09. The van der Waals surface area contributed by atoms with Crippen LogP contribution in [0.15, 0.2) is 0 Å². The van der Waals surface area contributed by atoms with E-state index < -0.39 is 10.0 Å². The lowest BCUT2D eigenvalue weighted by Crippen LogP contribution is -2.26. The highest BCUT2D eigenvalue weighted by Crippen LogP contribution is 2.15. The second-order valence-corrected chi connectivity index (χ2v) is 6.24. The SMILES string of the molecule is CCC(C)(C)OC(C)C.COC(C)O[SiH2]OC(C)OC. The fraction of sp³-hybridized carbons (Fsp3) is 1.00. The number of methoxy groups -OCH3 is 2. The van der Waals surface area contributed by atoms with Gasteiger partial charge < -0.3 is 23.1 Å². The minimum absolute atomic E-state index is 0.0637. The van der Waals surface area contributed by atoms with Crippen LogP contribution in [0.3, 0.4) is 0 Å². The molecule has 0 heterocycles. The zero-order valence-electron chi connectivity index (χ0n) is 14.7. The summed E-state index contributed by atoms with van der Waals surface area (Å²) < 4.78 is 25.7. The number of rotatable bonds is 9. The third kappa shape index (κ3) is 16.1. The van der Waals surface area contributed by atoms with Crippen molar-refractivity contribution in [2.75, 3.05) is 14.2 Å². The van der Waals surface area contributed by atoms with Crippen molar-refractivity contribution in [2.24, 2.45) is 0 Å². The topological polar surface area (TPSA) is 46.2 Å². The third-order valence-corrected chi connectivity index (χ3v) is 3.89. The standard InChI is InChI=1S/C8H18O.C6H16O4Si/c1-6-8(4,5)9-7(2)3;1-5(7-3)9-11-10-6(2)8-4/h7H,6H2,1-5H3;5-6H,11H2,1-4H3. The molecule has 0 spiro atoms. The van der Waals surface area contributed by atoms with Crippen molar-refractivity contribution in [2.45, 2.75) is 79.2 Å². The number of ether oxygens (including phenoxy) is 3. The summed E-state index contributed by atoms with van der Waals surface area (Å²) in [6.07, 6.45) is 1.07. The Morgan fingerprint density at radius 2 is 1.30 bits per heavy atom. The van der Waals surface area contributed by atoms with Crippen molar-refractivity contribution < 1.29 is 23.1 Å². The second-order valence-electron chi connectivity index (χ2n) is 5.34. The van der Waals surface area contributed by atoms with E-state index in [9.17, 15) is 0 Å². The molecular weight excluding hydrogens is 276 g/mol. The van der Waals surface area contributed by atoms with Crippen LogP contribution in [0.5, 0.6) is 0 Å². The molecule has 0 aromatic rings. The molecule has 0 N–H and O–H groups in total. The molecule has 2 unspecified atom stereocenters. The summed E-state index contributed by atoms with van der Waals surface area (Å²) >= 11 is 0. The Bertz CT molecular complexity index is 202. The minimum atomic E-state index is -0.956. The molecule has 0 bridgehead atoms. The van der Waals surface area contributed by atoms with Crippen molar-refractivity contribution in [1.82, 2.24) is 0 Å². The first kappa shape index (κ1) is 22.3. The lowest BCUT2D eigenvalue weighted by atomic mass is 10.1. The van der Waals surface area contributed by atoms with E-state index in [1.807, 2.05) is 13.8 Å². The summed E-state index contributed by atoms with van der Waals surface area (Å²) in [6.45, 7) is 14.2. The van der Waals surface area contributed by atoms with Crippen LogP contribution < -0.4 is 0 Å². The van der Waals surface area contributed by atoms with Gasteiger partial charge in [-0.05, 0) is 48.0 Å².